The van der Waals surface area contributed by atoms with Crippen LogP contribution in [-0.4, -0.2) is 25.6 Å². The molecule has 6 nitrogen and oxygen atoms in total. The SMILES string of the molecule is C=C1CC[C@@H]2[C@](C)(CCC[C@]2(C)C(=O)OC)[C@H]1CCc1ccoc1C[NH2+]CC(=O)[O-]. The van der Waals surface area contributed by atoms with Crippen LogP contribution in [-0.2, 0) is 27.3 Å². The summed E-state index contributed by atoms with van der Waals surface area (Å²) in [7, 11) is 1.50. The van der Waals surface area contributed by atoms with Crippen molar-refractivity contribution in [2.75, 3.05) is 13.7 Å². The summed E-state index contributed by atoms with van der Waals surface area (Å²) in [6.45, 7) is 9.26. The highest BCUT2D eigenvalue weighted by Gasteiger charge is 2.57. The lowest BCUT2D eigenvalue weighted by Crippen LogP contribution is -2.85. The average Bonchev–Trinajstić information content (AvgIpc) is 3.13. The Morgan fingerprint density at radius 1 is 1.37 bits per heavy atom. The van der Waals surface area contributed by atoms with Crippen molar-refractivity contribution in [2.24, 2.45) is 22.7 Å². The van der Waals surface area contributed by atoms with Crippen LogP contribution >= 0.6 is 0 Å². The number of quaternary nitrogens is 1. The zero-order valence-corrected chi connectivity index (χ0v) is 18.5. The van der Waals surface area contributed by atoms with E-state index in [1.807, 2.05) is 6.07 Å². The van der Waals surface area contributed by atoms with Gasteiger partial charge in [0.1, 0.15) is 13.1 Å². The third kappa shape index (κ3) is 4.20. The summed E-state index contributed by atoms with van der Waals surface area (Å²) in [4.78, 5) is 23.4. The van der Waals surface area contributed by atoms with E-state index in [4.69, 9.17) is 9.15 Å². The van der Waals surface area contributed by atoms with Crippen molar-refractivity contribution in [1.29, 1.82) is 0 Å². The number of rotatable bonds is 8. The number of ether oxygens (including phenoxy) is 1. The summed E-state index contributed by atoms with van der Waals surface area (Å²) in [6.07, 6.45) is 8.44. The molecule has 2 aliphatic carbocycles. The zero-order chi connectivity index (χ0) is 21.9. The van der Waals surface area contributed by atoms with Gasteiger partial charge < -0.3 is 24.4 Å². The second kappa shape index (κ2) is 8.96. The lowest BCUT2D eigenvalue weighted by Gasteiger charge is -2.57. The van der Waals surface area contributed by atoms with Gasteiger partial charge in [-0.25, -0.2) is 0 Å². The molecule has 1 aromatic rings. The van der Waals surface area contributed by atoms with Gasteiger partial charge in [-0.05, 0) is 74.3 Å². The largest absolute Gasteiger partial charge is 0.544 e. The Morgan fingerprint density at radius 3 is 2.83 bits per heavy atom. The number of furan rings is 1. The molecule has 1 heterocycles. The first kappa shape index (κ1) is 22.6. The normalized spacial score (nSPS) is 31.2. The number of hydrogen-bond acceptors (Lipinski definition) is 5. The standard InChI is InChI=1S/C24H35NO5/c1-16-6-9-20-23(2,11-5-12-24(20,3)22(28)29-4)18(16)8-7-17-10-13-30-19(17)14-25-15-21(26)27/h10,13,18,20,25H,1,5-9,11-12,14-15H2,2-4H3,(H,26,27)/t18-,20+,23+,24-/m0/s1. The molecular formula is C24H35NO5. The van der Waals surface area contributed by atoms with E-state index in [0.717, 1.165) is 56.3 Å². The maximum absolute atomic E-state index is 12.7. The summed E-state index contributed by atoms with van der Waals surface area (Å²) in [6, 6.07) is 1.98. The van der Waals surface area contributed by atoms with Crippen molar-refractivity contribution >= 4 is 11.9 Å². The van der Waals surface area contributed by atoms with Crippen molar-refractivity contribution in [1.82, 2.24) is 0 Å². The van der Waals surface area contributed by atoms with E-state index in [2.05, 4.69) is 20.4 Å². The molecular weight excluding hydrogens is 382 g/mol. The van der Waals surface area contributed by atoms with Gasteiger partial charge in [-0.3, -0.25) is 4.79 Å². The minimum atomic E-state index is -1.08. The average molecular weight is 418 g/mol. The van der Waals surface area contributed by atoms with Gasteiger partial charge in [0.05, 0.1) is 24.8 Å². The van der Waals surface area contributed by atoms with Gasteiger partial charge in [-0.1, -0.05) is 25.5 Å². The maximum atomic E-state index is 12.7. The predicted molar refractivity (Wildman–Crippen MR) is 110 cm³/mol. The molecule has 0 bridgehead atoms. The van der Waals surface area contributed by atoms with Gasteiger partial charge in [0.15, 0.2) is 5.76 Å². The van der Waals surface area contributed by atoms with Crippen LogP contribution in [0.4, 0.5) is 0 Å². The van der Waals surface area contributed by atoms with E-state index in [9.17, 15) is 14.7 Å². The molecule has 0 aliphatic heterocycles. The Kier molecular flexibility index (Phi) is 6.75. The zero-order valence-electron chi connectivity index (χ0n) is 18.5. The lowest BCUT2D eigenvalue weighted by molar-refractivity contribution is -0.667. The highest BCUT2D eigenvalue weighted by molar-refractivity contribution is 5.77. The molecule has 3 rings (SSSR count). The second-order valence-electron chi connectivity index (χ2n) is 9.55. The number of aliphatic carboxylic acids is 1. The number of carboxylic acid groups (broad SMARTS) is 1. The molecule has 2 N–H and O–H groups in total. The quantitative estimate of drug-likeness (QED) is 0.515. The predicted octanol–water partition coefficient (Wildman–Crippen LogP) is 1.98. The summed E-state index contributed by atoms with van der Waals surface area (Å²) < 4.78 is 10.8. The second-order valence-corrected chi connectivity index (χ2v) is 9.55. The minimum Gasteiger partial charge on any atom is -0.544 e. The van der Waals surface area contributed by atoms with Crippen molar-refractivity contribution in [3.8, 4) is 0 Å². The number of methoxy groups -OCH3 is 1. The molecule has 0 amide bonds. The van der Waals surface area contributed by atoms with E-state index >= 15 is 0 Å². The van der Waals surface area contributed by atoms with Crippen LogP contribution in [0.2, 0.25) is 0 Å². The fourth-order valence-electron chi connectivity index (χ4n) is 6.35. The molecule has 6 heteroatoms. The van der Waals surface area contributed by atoms with Crippen molar-refractivity contribution in [2.45, 2.75) is 65.3 Å². The molecule has 2 saturated carbocycles. The fourth-order valence-corrected chi connectivity index (χ4v) is 6.35. The molecule has 0 spiro atoms. The van der Waals surface area contributed by atoms with Crippen LogP contribution in [0.25, 0.3) is 0 Å². The number of hydrogen-bond donors (Lipinski definition) is 1. The number of allylic oxidation sites excluding steroid dienone is 1. The van der Waals surface area contributed by atoms with Crippen LogP contribution in [0.5, 0.6) is 0 Å². The van der Waals surface area contributed by atoms with Gasteiger partial charge in [0.25, 0.3) is 0 Å². The van der Waals surface area contributed by atoms with E-state index in [0.29, 0.717) is 18.4 Å². The molecule has 2 aliphatic rings. The minimum absolute atomic E-state index is 0.0293. The van der Waals surface area contributed by atoms with E-state index in [1.165, 1.54) is 12.7 Å². The smallest absolute Gasteiger partial charge is 0.311 e. The van der Waals surface area contributed by atoms with Crippen molar-refractivity contribution in [3.63, 3.8) is 0 Å². The van der Waals surface area contributed by atoms with Crippen LogP contribution < -0.4 is 10.4 Å². The maximum Gasteiger partial charge on any atom is 0.311 e. The number of carboxylic acids is 1. The summed E-state index contributed by atoms with van der Waals surface area (Å²) in [5.41, 5.74) is 2.01. The van der Waals surface area contributed by atoms with Gasteiger partial charge in [0.2, 0.25) is 0 Å². The Labute approximate surface area is 179 Å². The molecule has 0 radical (unpaired) electrons. The first-order valence-corrected chi connectivity index (χ1v) is 11.0. The number of nitrogens with two attached hydrogens (primary N) is 1. The first-order valence-electron chi connectivity index (χ1n) is 11.0. The highest BCUT2D eigenvalue weighted by atomic mass is 16.5. The number of fused-ring (bicyclic) bond motifs is 1. The van der Waals surface area contributed by atoms with Gasteiger partial charge in [-0.15, -0.1) is 0 Å². The van der Waals surface area contributed by atoms with Crippen LogP contribution in [0.1, 0.15) is 63.7 Å². The van der Waals surface area contributed by atoms with E-state index in [1.54, 1.807) is 11.6 Å². The van der Waals surface area contributed by atoms with Crippen LogP contribution in [0.3, 0.4) is 0 Å². The Balaban J connectivity index is 1.74. The fraction of sp³-hybridized carbons (Fsp3) is 0.667. The lowest BCUT2D eigenvalue weighted by atomic mass is 9.46. The first-order chi connectivity index (χ1) is 14.2. The van der Waals surface area contributed by atoms with Gasteiger partial charge in [-0.2, -0.15) is 0 Å². The molecule has 0 saturated heterocycles. The van der Waals surface area contributed by atoms with Gasteiger partial charge in [0, 0.05) is 0 Å². The number of aryl methyl sites for hydroxylation is 1. The molecule has 0 aromatic carbocycles. The molecule has 2 fully saturated rings. The van der Waals surface area contributed by atoms with Gasteiger partial charge >= 0.3 is 5.97 Å². The number of carbonyl (C=O) groups excluding carboxylic acids is 2. The molecule has 4 atom stereocenters. The topological polar surface area (TPSA) is 96.2 Å². The Bertz CT molecular complexity index is 799. The highest BCUT2D eigenvalue weighted by Crippen LogP contribution is 2.62. The van der Waals surface area contributed by atoms with E-state index < -0.39 is 11.4 Å². The summed E-state index contributed by atoms with van der Waals surface area (Å²) >= 11 is 0. The molecule has 166 valence electrons. The summed E-state index contributed by atoms with van der Waals surface area (Å²) in [5.74, 6) is 0.302. The van der Waals surface area contributed by atoms with Crippen LogP contribution in [0.15, 0.2) is 28.9 Å². The van der Waals surface area contributed by atoms with Crippen molar-refractivity contribution in [3.05, 3.63) is 35.8 Å². The molecule has 1 aromatic heterocycles. The van der Waals surface area contributed by atoms with Crippen molar-refractivity contribution < 1.29 is 29.2 Å². The van der Waals surface area contributed by atoms with E-state index in [-0.39, 0.29) is 17.9 Å². The molecule has 0 unspecified atom stereocenters. The third-order valence-electron chi connectivity index (χ3n) is 7.85. The third-order valence-corrected chi connectivity index (χ3v) is 7.85. The monoisotopic (exact) mass is 417 g/mol. The number of carbonyl (C=O) groups is 2. The Hall–Kier alpha value is -2.08. The Morgan fingerprint density at radius 2 is 2.13 bits per heavy atom. The summed E-state index contributed by atoms with van der Waals surface area (Å²) in [5, 5.41) is 12.3. The molecule has 30 heavy (non-hydrogen) atoms. The van der Waals surface area contributed by atoms with Crippen LogP contribution in [0, 0.1) is 22.7 Å². The number of esters is 1.